The van der Waals surface area contributed by atoms with Crippen molar-refractivity contribution in [1.82, 2.24) is 5.32 Å². The van der Waals surface area contributed by atoms with Crippen LogP contribution in [0.25, 0.3) is 0 Å². The van der Waals surface area contributed by atoms with Crippen molar-refractivity contribution in [2.75, 3.05) is 6.61 Å². The van der Waals surface area contributed by atoms with Crippen molar-refractivity contribution in [2.45, 2.75) is 45.6 Å². The Kier molecular flexibility index (Phi) is 5.38. The first-order valence-electron chi connectivity index (χ1n) is 4.79. The molecule has 0 spiro atoms. The highest BCUT2D eigenvalue weighted by Crippen LogP contribution is 2.07. The first kappa shape index (κ1) is 13.1. The van der Waals surface area contributed by atoms with Gasteiger partial charge in [-0.25, -0.2) is 0 Å². The van der Waals surface area contributed by atoms with Gasteiger partial charge in [0.1, 0.15) is 5.78 Å². The Bertz CT molecular complexity index is 211. The molecular formula is C10H19NO3. The van der Waals surface area contributed by atoms with E-state index in [9.17, 15) is 9.59 Å². The van der Waals surface area contributed by atoms with Gasteiger partial charge in [-0.05, 0) is 27.2 Å². The monoisotopic (exact) mass is 201 g/mol. The van der Waals surface area contributed by atoms with Crippen molar-refractivity contribution in [1.29, 1.82) is 0 Å². The average Bonchev–Trinajstić information content (AvgIpc) is 1.99. The number of hydrogen-bond acceptors (Lipinski definition) is 3. The molecule has 0 radical (unpaired) electrons. The number of aliphatic hydroxyl groups excluding tert-OH is 1. The molecule has 4 nitrogen and oxygen atoms in total. The normalized spacial score (nSPS) is 11.1. The number of rotatable bonds is 6. The lowest BCUT2D eigenvalue weighted by Crippen LogP contribution is -2.44. The lowest BCUT2D eigenvalue weighted by Gasteiger charge is -2.25. The first-order chi connectivity index (χ1) is 6.37. The number of ketones is 1. The maximum absolute atomic E-state index is 11.3. The quantitative estimate of drug-likeness (QED) is 0.662. The Morgan fingerprint density at radius 3 is 2.29 bits per heavy atom. The van der Waals surface area contributed by atoms with Crippen LogP contribution in [0.5, 0.6) is 0 Å². The van der Waals surface area contributed by atoms with Crippen molar-refractivity contribution >= 4 is 11.7 Å². The van der Waals surface area contributed by atoms with E-state index in [1.165, 1.54) is 6.92 Å². The SMILES string of the molecule is CC(=O)CCC(=O)NC(C)(C)CCO. The summed E-state index contributed by atoms with van der Waals surface area (Å²) in [5, 5.41) is 11.5. The highest BCUT2D eigenvalue weighted by Gasteiger charge is 2.19. The molecule has 0 atom stereocenters. The predicted molar refractivity (Wildman–Crippen MR) is 53.8 cm³/mol. The summed E-state index contributed by atoms with van der Waals surface area (Å²) in [7, 11) is 0. The fourth-order valence-corrected chi connectivity index (χ4v) is 1.07. The maximum atomic E-state index is 11.3. The van der Waals surface area contributed by atoms with Crippen LogP contribution in [0.1, 0.15) is 40.0 Å². The molecule has 2 N–H and O–H groups in total. The summed E-state index contributed by atoms with van der Waals surface area (Å²) in [6, 6.07) is 0. The lowest BCUT2D eigenvalue weighted by atomic mass is 10.0. The molecule has 14 heavy (non-hydrogen) atoms. The largest absolute Gasteiger partial charge is 0.396 e. The minimum Gasteiger partial charge on any atom is -0.396 e. The standard InChI is InChI=1S/C10H19NO3/c1-8(13)4-5-9(14)11-10(2,3)6-7-12/h12H,4-7H2,1-3H3,(H,11,14). The molecule has 0 fully saturated rings. The molecule has 0 aromatic rings. The van der Waals surface area contributed by atoms with Gasteiger partial charge in [0.25, 0.3) is 0 Å². The topological polar surface area (TPSA) is 66.4 Å². The molecule has 0 aliphatic rings. The molecule has 0 saturated heterocycles. The molecule has 0 heterocycles. The van der Waals surface area contributed by atoms with Gasteiger partial charge in [-0.1, -0.05) is 0 Å². The fourth-order valence-electron chi connectivity index (χ4n) is 1.07. The molecule has 0 rings (SSSR count). The van der Waals surface area contributed by atoms with Gasteiger partial charge in [-0.2, -0.15) is 0 Å². The van der Waals surface area contributed by atoms with Crippen molar-refractivity contribution in [3.05, 3.63) is 0 Å². The van der Waals surface area contributed by atoms with Gasteiger partial charge in [0.05, 0.1) is 0 Å². The number of carbonyl (C=O) groups excluding carboxylic acids is 2. The zero-order valence-corrected chi connectivity index (χ0v) is 9.09. The molecule has 0 bridgehead atoms. The smallest absolute Gasteiger partial charge is 0.220 e. The van der Waals surface area contributed by atoms with Gasteiger partial charge in [-0.3, -0.25) is 4.79 Å². The van der Waals surface area contributed by atoms with E-state index in [-0.39, 0.29) is 31.1 Å². The summed E-state index contributed by atoms with van der Waals surface area (Å²) < 4.78 is 0. The van der Waals surface area contributed by atoms with E-state index in [4.69, 9.17) is 5.11 Å². The summed E-state index contributed by atoms with van der Waals surface area (Å²) in [6.07, 6.45) is 1.02. The van der Waals surface area contributed by atoms with E-state index >= 15 is 0 Å². The van der Waals surface area contributed by atoms with E-state index in [2.05, 4.69) is 5.32 Å². The number of carbonyl (C=O) groups is 2. The highest BCUT2D eigenvalue weighted by atomic mass is 16.3. The Morgan fingerprint density at radius 1 is 1.29 bits per heavy atom. The van der Waals surface area contributed by atoms with Gasteiger partial charge >= 0.3 is 0 Å². The van der Waals surface area contributed by atoms with Gasteiger partial charge in [0.15, 0.2) is 0 Å². The summed E-state index contributed by atoms with van der Waals surface area (Å²) in [6.45, 7) is 5.19. The van der Waals surface area contributed by atoms with Crippen LogP contribution in [-0.4, -0.2) is 28.9 Å². The zero-order valence-electron chi connectivity index (χ0n) is 9.09. The number of hydrogen-bond donors (Lipinski definition) is 2. The second kappa shape index (κ2) is 5.75. The van der Waals surface area contributed by atoms with Crippen molar-refractivity contribution < 1.29 is 14.7 Å². The molecule has 0 aromatic heterocycles. The van der Waals surface area contributed by atoms with E-state index < -0.39 is 5.54 Å². The fraction of sp³-hybridized carbons (Fsp3) is 0.800. The number of nitrogens with one attached hydrogen (secondary N) is 1. The zero-order chi connectivity index (χ0) is 11.2. The van der Waals surface area contributed by atoms with Gasteiger partial charge < -0.3 is 15.2 Å². The summed E-state index contributed by atoms with van der Waals surface area (Å²) in [4.78, 5) is 21.9. The van der Waals surface area contributed by atoms with E-state index in [1.807, 2.05) is 13.8 Å². The summed E-state index contributed by atoms with van der Waals surface area (Å²) >= 11 is 0. The minimum atomic E-state index is -0.400. The molecular weight excluding hydrogens is 182 g/mol. The molecule has 0 aromatic carbocycles. The minimum absolute atomic E-state index is 0.0140. The predicted octanol–water partition coefficient (Wildman–Crippen LogP) is 0.633. The van der Waals surface area contributed by atoms with Crippen LogP contribution in [0, 0.1) is 0 Å². The second-order valence-electron chi connectivity index (χ2n) is 4.11. The van der Waals surface area contributed by atoms with Crippen LogP contribution >= 0.6 is 0 Å². The van der Waals surface area contributed by atoms with Gasteiger partial charge in [0.2, 0.25) is 5.91 Å². The van der Waals surface area contributed by atoms with Crippen LogP contribution in [0.3, 0.4) is 0 Å². The third kappa shape index (κ3) is 6.60. The molecule has 0 aliphatic heterocycles. The third-order valence-electron chi connectivity index (χ3n) is 1.92. The summed E-state index contributed by atoms with van der Waals surface area (Å²) in [5.74, 6) is -0.126. The van der Waals surface area contributed by atoms with Crippen molar-refractivity contribution in [3.63, 3.8) is 0 Å². The van der Waals surface area contributed by atoms with Crippen LogP contribution < -0.4 is 5.32 Å². The highest BCUT2D eigenvalue weighted by molar-refractivity contribution is 5.83. The molecule has 82 valence electrons. The maximum Gasteiger partial charge on any atom is 0.220 e. The molecule has 0 aliphatic carbocycles. The van der Waals surface area contributed by atoms with Crippen molar-refractivity contribution in [2.24, 2.45) is 0 Å². The van der Waals surface area contributed by atoms with Crippen molar-refractivity contribution in [3.8, 4) is 0 Å². The lowest BCUT2D eigenvalue weighted by molar-refractivity contribution is -0.125. The van der Waals surface area contributed by atoms with Crippen LogP contribution in [-0.2, 0) is 9.59 Å². The van der Waals surface area contributed by atoms with E-state index in [1.54, 1.807) is 0 Å². The Morgan fingerprint density at radius 2 is 1.86 bits per heavy atom. The van der Waals surface area contributed by atoms with Crippen LogP contribution in [0.15, 0.2) is 0 Å². The van der Waals surface area contributed by atoms with Crippen LogP contribution in [0.2, 0.25) is 0 Å². The Labute approximate surface area is 84.7 Å². The Balaban J connectivity index is 3.86. The van der Waals surface area contributed by atoms with Crippen LogP contribution in [0.4, 0.5) is 0 Å². The molecule has 0 unspecified atom stereocenters. The van der Waals surface area contributed by atoms with E-state index in [0.29, 0.717) is 6.42 Å². The first-order valence-corrected chi connectivity index (χ1v) is 4.79. The van der Waals surface area contributed by atoms with Gasteiger partial charge in [-0.15, -0.1) is 0 Å². The number of aliphatic hydroxyl groups is 1. The summed E-state index contributed by atoms with van der Waals surface area (Å²) in [5.41, 5.74) is -0.400. The number of Topliss-reactive ketones (excluding diaryl/α,β-unsaturated/α-hetero) is 1. The third-order valence-corrected chi connectivity index (χ3v) is 1.92. The van der Waals surface area contributed by atoms with E-state index in [0.717, 1.165) is 0 Å². The Hall–Kier alpha value is -0.900. The molecule has 1 amide bonds. The second-order valence-corrected chi connectivity index (χ2v) is 4.11. The van der Waals surface area contributed by atoms with Gasteiger partial charge in [0, 0.05) is 25.0 Å². The average molecular weight is 201 g/mol. The number of amides is 1. The molecule has 0 saturated carbocycles. The molecule has 4 heteroatoms.